The first-order chi connectivity index (χ1) is 7.17. The fourth-order valence-electron chi connectivity index (χ4n) is 0.831. The molecule has 1 rings (SSSR count). The van der Waals surface area contributed by atoms with E-state index in [1.807, 2.05) is 12.1 Å². The third-order valence-corrected chi connectivity index (χ3v) is 3.12. The summed E-state index contributed by atoms with van der Waals surface area (Å²) >= 11 is 8.02. The first-order valence-corrected chi connectivity index (χ1v) is 5.35. The average molecular weight is 330 g/mol. The van der Waals surface area contributed by atoms with Crippen LogP contribution in [0.4, 0.5) is 5.69 Å². The van der Waals surface area contributed by atoms with Crippen molar-refractivity contribution in [2.24, 2.45) is 0 Å². The monoisotopic (exact) mass is 329 g/mol. The van der Waals surface area contributed by atoms with Crippen LogP contribution in [0.3, 0.4) is 0 Å². The number of halogens is 2. The number of allylic oxidation sites excluding steroid dienone is 1. The molecule has 0 aliphatic heterocycles. The zero-order valence-corrected chi connectivity index (χ0v) is 10.4. The molecule has 1 aromatic carbocycles. The van der Waals surface area contributed by atoms with Gasteiger partial charge in [0.2, 0.25) is 0 Å². The van der Waals surface area contributed by atoms with Crippen LogP contribution in [0.2, 0.25) is 5.02 Å². The largest absolute Gasteiger partial charge is 0.360 e. The highest BCUT2D eigenvalue weighted by Crippen LogP contribution is 2.22. The third-order valence-electron chi connectivity index (χ3n) is 1.54. The van der Waals surface area contributed by atoms with E-state index in [-0.39, 0.29) is 5.57 Å². The number of hydrogen-bond acceptors (Lipinski definition) is 3. The molecule has 1 aromatic rings. The maximum atomic E-state index is 8.49. The Morgan fingerprint density at radius 2 is 2.07 bits per heavy atom. The van der Waals surface area contributed by atoms with Crippen LogP contribution in [-0.4, -0.2) is 0 Å². The molecule has 0 aliphatic carbocycles. The van der Waals surface area contributed by atoms with Crippen LogP contribution in [0.15, 0.2) is 30.0 Å². The van der Waals surface area contributed by atoms with Gasteiger partial charge >= 0.3 is 0 Å². The van der Waals surface area contributed by atoms with E-state index in [0.29, 0.717) is 5.02 Å². The second-order valence-electron chi connectivity index (χ2n) is 2.55. The summed E-state index contributed by atoms with van der Waals surface area (Å²) < 4.78 is 0.949. The van der Waals surface area contributed by atoms with Crippen molar-refractivity contribution < 1.29 is 0 Å². The van der Waals surface area contributed by atoms with Gasteiger partial charge in [-0.05, 0) is 40.8 Å². The molecule has 0 aromatic heterocycles. The molecule has 0 amide bonds. The molecule has 0 atom stereocenters. The van der Waals surface area contributed by atoms with Gasteiger partial charge in [-0.15, -0.1) is 0 Å². The number of benzene rings is 1. The highest BCUT2D eigenvalue weighted by atomic mass is 127. The Labute approximate surface area is 106 Å². The van der Waals surface area contributed by atoms with Gasteiger partial charge in [-0.2, -0.15) is 10.5 Å². The highest BCUT2D eigenvalue weighted by molar-refractivity contribution is 14.1. The predicted octanol–water partition coefficient (Wildman–Crippen LogP) is 3.29. The number of nitriles is 2. The fourth-order valence-corrected chi connectivity index (χ4v) is 1.35. The van der Waals surface area contributed by atoms with Crippen LogP contribution in [0, 0.1) is 26.2 Å². The Bertz CT molecular complexity index is 466. The number of rotatable bonds is 2. The lowest BCUT2D eigenvalue weighted by molar-refractivity contribution is 1.44. The molecule has 0 bridgehead atoms. The summed E-state index contributed by atoms with van der Waals surface area (Å²) in [6.45, 7) is 0. The van der Waals surface area contributed by atoms with Crippen LogP contribution in [-0.2, 0) is 0 Å². The normalized spacial score (nSPS) is 8.53. The van der Waals surface area contributed by atoms with Crippen LogP contribution < -0.4 is 5.32 Å². The Balaban J connectivity index is 2.84. The lowest BCUT2D eigenvalue weighted by atomic mass is 10.3. The van der Waals surface area contributed by atoms with E-state index in [9.17, 15) is 0 Å². The van der Waals surface area contributed by atoms with Gasteiger partial charge in [-0.25, -0.2) is 0 Å². The van der Waals surface area contributed by atoms with Crippen molar-refractivity contribution in [1.29, 1.82) is 10.5 Å². The van der Waals surface area contributed by atoms with Crippen LogP contribution in [0.5, 0.6) is 0 Å². The maximum Gasteiger partial charge on any atom is 0.145 e. The van der Waals surface area contributed by atoms with Crippen LogP contribution >= 0.6 is 34.2 Å². The van der Waals surface area contributed by atoms with Crippen molar-refractivity contribution in [1.82, 2.24) is 0 Å². The van der Waals surface area contributed by atoms with Crippen molar-refractivity contribution in [3.8, 4) is 12.1 Å². The summed E-state index contributed by atoms with van der Waals surface area (Å²) in [5.74, 6) is 0. The van der Waals surface area contributed by atoms with Gasteiger partial charge in [0, 0.05) is 15.5 Å². The topological polar surface area (TPSA) is 59.6 Å². The molecule has 3 nitrogen and oxygen atoms in total. The van der Waals surface area contributed by atoms with E-state index in [2.05, 4.69) is 27.9 Å². The molecule has 74 valence electrons. The van der Waals surface area contributed by atoms with Crippen LogP contribution in [0.1, 0.15) is 0 Å². The summed E-state index contributed by atoms with van der Waals surface area (Å²) in [6.07, 6.45) is 1.35. The van der Waals surface area contributed by atoms with E-state index >= 15 is 0 Å². The summed E-state index contributed by atoms with van der Waals surface area (Å²) in [7, 11) is 0. The number of nitrogens with one attached hydrogen (secondary N) is 1. The summed E-state index contributed by atoms with van der Waals surface area (Å²) in [5.41, 5.74) is 0.757. The number of anilines is 1. The van der Waals surface area contributed by atoms with Crippen molar-refractivity contribution in [2.45, 2.75) is 0 Å². The summed E-state index contributed by atoms with van der Waals surface area (Å²) in [5, 5.41) is 20.4. The minimum Gasteiger partial charge on any atom is -0.360 e. The predicted molar refractivity (Wildman–Crippen MR) is 67.1 cm³/mol. The molecule has 0 heterocycles. The quantitative estimate of drug-likeness (QED) is 0.669. The molecular formula is C10H5ClIN3. The molecule has 15 heavy (non-hydrogen) atoms. The molecule has 0 aliphatic rings. The van der Waals surface area contributed by atoms with E-state index in [4.69, 9.17) is 22.1 Å². The standard InChI is InChI=1S/C10H5ClIN3/c11-9-3-8(1-2-10(9)12)15-6-7(4-13)5-14/h1-3,6,15H. The van der Waals surface area contributed by atoms with Gasteiger partial charge in [-0.3, -0.25) is 0 Å². The molecule has 0 saturated carbocycles. The first kappa shape index (κ1) is 11.8. The molecule has 5 heteroatoms. The van der Waals surface area contributed by atoms with Gasteiger partial charge in [0.25, 0.3) is 0 Å². The van der Waals surface area contributed by atoms with Gasteiger partial charge in [0.1, 0.15) is 17.7 Å². The first-order valence-electron chi connectivity index (χ1n) is 3.89. The molecule has 1 N–H and O–H groups in total. The zero-order chi connectivity index (χ0) is 11.3. The molecule has 0 saturated heterocycles. The lowest BCUT2D eigenvalue weighted by Crippen LogP contribution is -1.90. The SMILES string of the molecule is N#CC(C#N)=CNc1ccc(I)c(Cl)c1. The Kier molecular flexibility index (Phi) is 4.41. The zero-order valence-electron chi connectivity index (χ0n) is 7.46. The Morgan fingerprint density at radius 3 is 2.60 bits per heavy atom. The second kappa shape index (κ2) is 5.59. The third kappa shape index (κ3) is 3.43. The van der Waals surface area contributed by atoms with Crippen molar-refractivity contribution >= 4 is 39.9 Å². The van der Waals surface area contributed by atoms with E-state index in [1.54, 1.807) is 18.2 Å². The maximum absolute atomic E-state index is 8.49. The highest BCUT2D eigenvalue weighted by Gasteiger charge is 1.97. The molecule has 0 spiro atoms. The van der Waals surface area contributed by atoms with Crippen LogP contribution in [0.25, 0.3) is 0 Å². The van der Waals surface area contributed by atoms with E-state index in [1.165, 1.54) is 6.20 Å². The van der Waals surface area contributed by atoms with E-state index < -0.39 is 0 Å². The van der Waals surface area contributed by atoms with Gasteiger partial charge in [0.05, 0.1) is 5.02 Å². The number of hydrogen-bond donors (Lipinski definition) is 1. The Hall–Kier alpha value is -1.24. The van der Waals surface area contributed by atoms with Crippen molar-refractivity contribution in [3.05, 3.63) is 38.6 Å². The lowest BCUT2D eigenvalue weighted by Gasteiger charge is -2.02. The van der Waals surface area contributed by atoms with Crippen molar-refractivity contribution in [2.75, 3.05) is 5.32 Å². The fraction of sp³-hybridized carbons (Fsp3) is 0. The molecule has 0 radical (unpaired) electrons. The van der Waals surface area contributed by atoms with Gasteiger partial charge in [0.15, 0.2) is 0 Å². The Morgan fingerprint density at radius 1 is 1.40 bits per heavy atom. The van der Waals surface area contributed by atoms with Crippen molar-refractivity contribution in [3.63, 3.8) is 0 Å². The molecule has 0 unspecified atom stereocenters. The van der Waals surface area contributed by atoms with Gasteiger partial charge in [-0.1, -0.05) is 11.6 Å². The molecular weight excluding hydrogens is 324 g/mol. The van der Waals surface area contributed by atoms with Gasteiger partial charge < -0.3 is 5.32 Å². The molecule has 0 fully saturated rings. The average Bonchev–Trinajstić information content (AvgIpc) is 2.24. The smallest absolute Gasteiger partial charge is 0.145 e. The minimum atomic E-state index is 0.0182. The van der Waals surface area contributed by atoms with E-state index in [0.717, 1.165) is 9.26 Å². The second-order valence-corrected chi connectivity index (χ2v) is 4.12. The minimum absolute atomic E-state index is 0.0182. The summed E-state index contributed by atoms with van der Waals surface area (Å²) in [4.78, 5) is 0. The summed E-state index contributed by atoms with van der Waals surface area (Å²) in [6, 6.07) is 8.89. The number of nitrogens with zero attached hydrogens (tertiary/aromatic N) is 2.